The van der Waals surface area contributed by atoms with Gasteiger partial charge in [0.25, 0.3) is 0 Å². The molecule has 4 nitrogen and oxygen atoms in total. The van der Waals surface area contributed by atoms with Crippen LogP contribution >= 0.6 is 27.3 Å². The molecule has 2 aromatic rings. The molecule has 0 aromatic carbocycles. The second kappa shape index (κ2) is 4.16. The first-order chi connectivity index (χ1) is 7.15. The first-order valence-electron chi connectivity index (χ1n) is 4.14. The number of furan rings is 1. The highest BCUT2D eigenvalue weighted by Crippen LogP contribution is 2.27. The van der Waals surface area contributed by atoms with Crippen molar-refractivity contribution in [1.82, 2.24) is 4.98 Å². The lowest BCUT2D eigenvalue weighted by molar-refractivity contribution is -0.114. The van der Waals surface area contributed by atoms with Gasteiger partial charge in [-0.1, -0.05) is 0 Å². The van der Waals surface area contributed by atoms with Gasteiger partial charge in [-0.05, 0) is 28.1 Å². The Morgan fingerprint density at radius 3 is 3.00 bits per heavy atom. The summed E-state index contributed by atoms with van der Waals surface area (Å²) in [5.74, 6) is 0.547. The van der Waals surface area contributed by atoms with Crippen LogP contribution in [0.3, 0.4) is 0 Å². The molecule has 15 heavy (non-hydrogen) atoms. The Morgan fingerprint density at radius 1 is 1.60 bits per heavy atom. The van der Waals surface area contributed by atoms with Crippen LogP contribution in [0.5, 0.6) is 0 Å². The molecule has 6 heteroatoms. The lowest BCUT2D eigenvalue weighted by Gasteiger charge is -1.92. The summed E-state index contributed by atoms with van der Waals surface area (Å²) in [6, 6.07) is 3.61. The fraction of sp³-hybridized carbons (Fsp3) is 0.111. The molecular weight excluding hydrogens is 280 g/mol. The van der Waals surface area contributed by atoms with E-state index in [0.29, 0.717) is 15.6 Å². The molecule has 0 unspecified atom stereocenters. The molecule has 0 bridgehead atoms. The fourth-order valence-electron chi connectivity index (χ4n) is 1.05. The molecule has 2 heterocycles. The Balaban J connectivity index is 2.23. The molecule has 0 saturated heterocycles. The highest BCUT2D eigenvalue weighted by molar-refractivity contribution is 9.10. The van der Waals surface area contributed by atoms with Crippen LogP contribution in [0.4, 0.5) is 5.13 Å². The highest BCUT2D eigenvalue weighted by Gasteiger charge is 2.08. The van der Waals surface area contributed by atoms with E-state index >= 15 is 0 Å². The maximum atomic E-state index is 10.8. The van der Waals surface area contributed by atoms with Gasteiger partial charge in [-0.25, -0.2) is 4.98 Å². The molecule has 0 spiro atoms. The molecule has 78 valence electrons. The molecule has 1 amide bonds. The SMILES string of the molecule is CC(=O)Nc1nc(-c2ccc(Br)o2)cs1. The zero-order valence-corrected chi connectivity index (χ0v) is 10.2. The van der Waals surface area contributed by atoms with Crippen LogP contribution in [0.1, 0.15) is 6.92 Å². The maximum absolute atomic E-state index is 10.8. The number of carbonyl (C=O) groups is 1. The predicted octanol–water partition coefficient (Wildman–Crippen LogP) is 3.12. The first-order valence-corrected chi connectivity index (χ1v) is 5.81. The number of anilines is 1. The Hall–Kier alpha value is -1.14. The number of hydrogen-bond acceptors (Lipinski definition) is 4. The minimum Gasteiger partial charge on any atom is -0.448 e. The van der Waals surface area contributed by atoms with Gasteiger partial charge in [-0.3, -0.25) is 4.79 Å². The minimum atomic E-state index is -0.128. The van der Waals surface area contributed by atoms with E-state index in [1.54, 1.807) is 6.07 Å². The summed E-state index contributed by atoms with van der Waals surface area (Å²) >= 11 is 4.58. The first kappa shape index (κ1) is 10.4. The Bertz CT molecular complexity index is 492. The monoisotopic (exact) mass is 286 g/mol. The topological polar surface area (TPSA) is 55.1 Å². The van der Waals surface area contributed by atoms with E-state index < -0.39 is 0 Å². The van der Waals surface area contributed by atoms with Crippen molar-refractivity contribution in [3.8, 4) is 11.5 Å². The average Bonchev–Trinajstić information content (AvgIpc) is 2.72. The predicted molar refractivity (Wildman–Crippen MR) is 61.8 cm³/mol. The maximum Gasteiger partial charge on any atom is 0.223 e. The van der Waals surface area contributed by atoms with Gasteiger partial charge in [-0.2, -0.15) is 0 Å². The largest absolute Gasteiger partial charge is 0.448 e. The zero-order chi connectivity index (χ0) is 10.8. The van der Waals surface area contributed by atoms with Crippen LogP contribution in [0, 0.1) is 0 Å². The number of aromatic nitrogens is 1. The van der Waals surface area contributed by atoms with Crippen molar-refractivity contribution in [3.63, 3.8) is 0 Å². The van der Waals surface area contributed by atoms with Gasteiger partial charge in [0.1, 0.15) is 5.69 Å². The standard InChI is InChI=1S/C9H7BrN2O2S/c1-5(13)11-9-12-6(4-15-9)7-2-3-8(10)14-7/h2-4H,1H3,(H,11,12,13). The number of carbonyl (C=O) groups excluding carboxylic acids is 1. The molecule has 0 aliphatic rings. The van der Waals surface area contributed by atoms with Crippen LogP contribution in [0.15, 0.2) is 26.6 Å². The highest BCUT2D eigenvalue weighted by atomic mass is 79.9. The van der Waals surface area contributed by atoms with Crippen LogP contribution < -0.4 is 5.32 Å². The average molecular weight is 287 g/mol. The lowest BCUT2D eigenvalue weighted by atomic mass is 10.4. The molecule has 2 aromatic heterocycles. The van der Waals surface area contributed by atoms with Gasteiger partial charge in [-0.15, -0.1) is 11.3 Å². The quantitative estimate of drug-likeness (QED) is 0.923. The van der Waals surface area contributed by atoms with E-state index in [-0.39, 0.29) is 5.91 Å². The summed E-state index contributed by atoms with van der Waals surface area (Å²) in [5, 5.41) is 5.02. The summed E-state index contributed by atoms with van der Waals surface area (Å²) in [5.41, 5.74) is 0.717. The third-order valence-corrected chi connectivity index (χ3v) is 2.80. The number of amides is 1. The third kappa shape index (κ3) is 2.45. The smallest absolute Gasteiger partial charge is 0.223 e. The summed E-state index contributed by atoms with van der Waals surface area (Å²) in [7, 11) is 0. The summed E-state index contributed by atoms with van der Waals surface area (Å²) in [6.07, 6.45) is 0. The Kier molecular flexibility index (Phi) is 2.88. The van der Waals surface area contributed by atoms with Crippen LogP contribution in [0.2, 0.25) is 0 Å². The number of rotatable bonds is 2. The molecule has 1 N–H and O–H groups in total. The molecule has 0 aliphatic carbocycles. The van der Waals surface area contributed by atoms with Gasteiger partial charge in [0.2, 0.25) is 5.91 Å². The number of halogens is 1. The van der Waals surface area contributed by atoms with Crippen molar-refractivity contribution in [2.24, 2.45) is 0 Å². The molecule has 0 radical (unpaired) electrons. The number of nitrogens with one attached hydrogen (secondary N) is 1. The second-order valence-corrected chi connectivity index (χ2v) is 4.46. The van der Waals surface area contributed by atoms with Gasteiger partial charge >= 0.3 is 0 Å². The molecule has 0 saturated carbocycles. The van der Waals surface area contributed by atoms with Crippen LogP contribution in [-0.4, -0.2) is 10.9 Å². The van der Waals surface area contributed by atoms with Crippen LogP contribution in [0.25, 0.3) is 11.5 Å². The molecule has 0 aliphatic heterocycles. The summed E-state index contributed by atoms with van der Waals surface area (Å²) in [6.45, 7) is 1.45. The van der Waals surface area contributed by atoms with Crippen molar-refractivity contribution < 1.29 is 9.21 Å². The lowest BCUT2D eigenvalue weighted by Crippen LogP contribution is -2.04. The third-order valence-electron chi connectivity index (χ3n) is 1.61. The Labute approximate surface area is 98.5 Å². The second-order valence-electron chi connectivity index (χ2n) is 2.82. The zero-order valence-electron chi connectivity index (χ0n) is 7.78. The van der Waals surface area contributed by atoms with E-state index in [4.69, 9.17) is 4.42 Å². The number of hydrogen-bond donors (Lipinski definition) is 1. The molecule has 2 rings (SSSR count). The number of nitrogens with zero attached hydrogens (tertiary/aromatic N) is 1. The molecular formula is C9H7BrN2O2S. The Morgan fingerprint density at radius 2 is 2.40 bits per heavy atom. The van der Waals surface area contributed by atoms with Gasteiger partial charge in [0.05, 0.1) is 0 Å². The van der Waals surface area contributed by atoms with E-state index in [1.165, 1.54) is 18.3 Å². The fourth-order valence-corrected chi connectivity index (χ4v) is 2.10. The van der Waals surface area contributed by atoms with Gasteiger partial charge in [0, 0.05) is 12.3 Å². The normalized spacial score (nSPS) is 10.3. The van der Waals surface area contributed by atoms with Crippen molar-refractivity contribution in [2.45, 2.75) is 6.92 Å². The molecule has 0 atom stereocenters. The van der Waals surface area contributed by atoms with Crippen molar-refractivity contribution in [2.75, 3.05) is 5.32 Å². The molecule has 0 fully saturated rings. The van der Waals surface area contributed by atoms with Crippen molar-refractivity contribution in [1.29, 1.82) is 0 Å². The van der Waals surface area contributed by atoms with E-state index in [1.807, 2.05) is 11.4 Å². The van der Waals surface area contributed by atoms with Crippen LogP contribution in [-0.2, 0) is 4.79 Å². The summed E-state index contributed by atoms with van der Waals surface area (Å²) in [4.78, 5) is 15.0. The summed E-state index contributed by atoms with van der Waals surface area (Å²) < 4.78 is 5.99. The van der Waals surface area contributed by atoms with Crippen molar-refractivity contribution in [3.05, 3.63) is 22.2 Å². The van der Waals surface area contributed by atoms with Gasteiger partial charge in [0.15, 0.2) is 15.6 Å². The van der Waals surface area contributed by atoms with Gasteiger partial charge < -0.3 is 9.73 Å². The number of thiazole rings is 1. The minimum absolute atomic E-state index is 0.128. The van der Waals surface area contributed by atoms with E-state index in [2.05, 4.69) is 26.2 Å². The van der Waals surface area contributed by atoms with E-state index in [0.717, 1.165) is 5.69 Å². The van der Waals surface area contributed by atoms with E-state index in [9.17, 15) is 4.79 Å². The van der Waals surface area contributed by atoms with Crippen molar-refractivity contribution >= 4 is 38.3 Å².